The summed E-state index contributed by atoms with van der Waals surface area (Å²) < 4.78 is 0. The summed E-state index contributed by atoms with van der Waals surface area (Å²) in [5.41, 5.74) is 1.57. The van der Waals surface area contributed by atoms with Crippen LogP contribution in [-0.2, 0) is 6.54 Å². The van der Waals surface area contributed by atoms with Gasteiger partial charge in [0.1, 0.15) is 0 Å². The van der Waals surface area contributed by atoms with Crippen LogP contribution in [0.4, 0.5) is 0 Å². The highest BCUT2D eigenvalue weighted by molar-refractivity contribution is 5.87. The molecule has 2 saturated heterocycles. The molecule has 20 heavy (non-hydrogen) atoms. The van der Waals surface area contributed by atoms with E-state index < -0.39 is 5.97 Å². The molecule has 1 N–H and O–H groups in total. The molecule has 0 radical (unpaired) electrons. The molecule has 3 rings (SSSR count). The Labute approximate surface area is 120 Å². The van der Waals surface area contributed by atoms with Crippen LogP contribution < -0.4 is 0 Å². The van der Waals surface area contributed by atoms with Gasteiger partial charge < -0.3 is 5.11 Å². The first-order valence-electron chi connectivity index (χ1n) is 7.44. The molecular weight excluding hydrogens is 252 g/mol. The third kappa shape index (κ3) is 2.72. The zero-order chi connectivity index (χ0) is 14.1. The lowest BCUT2D eigenvalue weighted by Gasteiger charge is -2.42. The van der Waals surface area contributed by atoms with Crippen molar-refractivity contribution >= 4 is 5.97 Å². The van der Waals surface area contributed by atoms with E-state index in [1.165, 1.54) is 24.9 Å². The average Bonchev–Trinajstić information content (AvgIpc) is 2.87. The van der Waals surface area contributed by atoms with Crippen LogP contribution in [0.1, 0.15) is 35.7 Å². The van der Waals surface area contributed by atoms with E-state index in [0.29, 0.717) is 11.6 Å². The maximum Gasteiger partial charge on any atom is 0.335 e. The minimum absolute atomic E-state index is 0.363. The summed E-state index contributed by atoms with van der Waals surface area (Å²) in [6.07, 6.45) is 2.65. The number of benzene rings is 1. The number of aromatic carboxylic acids is 1. The molecule has 0 saturated carbocycles. The third-order valence-corrected chi connectivity index (χ3v) is 4.65. The smallest absolute Gasteiger partial charge is 0.335 e. The van der Waals surface area contributed by atoms with Gasteiger partial charge in [-0.2, -0.15) is 0 Å². The van der Waals surface area contributed by atoms with Crippen molar-refractivity contribution in [3.63, 3.8) is 0 Å². The maximum atomic E-state index is 10.9. The Kier molecular flexibility index (Phi) is 3.76. The monoisotopic (exact) mass is 274 g/mol. The first kappa shape index (κ1) is 13.6. The topological polar surface area (TPSA) is 43.8 Å². The minimum atomic E-state index is -0.857. The molecule has 2 aliphatic rings. The normalized spacial score (nSPS) is 27.4. The van der Waals surface area contributed by atoms with E-state index in [1.807, 2.05) is 12.1 Å². The van der Waals surface area contributed by atoms with Gasteiger partial charge in [-0.15, -0.1) is 0 Å². The summed E-state index contributed by atoms with van der Waals surface area (Å²) in [6.45, 7) is 6.78. The molecule has 4 nitrogen and oxygen atoms in total. The first-order valence-corrected chi connectivity index (χ1v) is 7.44. The molecule has 2 heterocycles. The van der Waals surface area contributed by atoms with Gasteiger partial charge in [-0.05, 0) is 44.0 Å². The molecular formula is C16H22N2O2. The maximum absolute atomic E-state index is 10.9. The number of nitrogens with zero attached hydrogens (tertiary/aromatic N) is 2. The van der Waals surface area contributed by atoms with E-state index >= 15 is 0 Å². The predicted octanol–water partition coefficient (Wildman–Crippen LogP) is 2.05. The molecule has 1 aromatic carbocycles. The summed E-state index contributed by atoms with van der Waals surface area (Å²) >= 11 is 0. The van der Waals surface area contributed by atoms with Crippen LogP contribution in [0.15, 0.2) is 24.3 Å². The number of rotatable bonds is 3. The van der Waals surface area contributed by atoms with E-state index in [-0.39, 0.29) is 0 Å². The Morgan fingerprint density at radius 2 is 2.05 bits per heavy atom. The summed E-state index contributed by atoms with van der Waals surface area (Å²) in [5.74, 6) is -0.857. The van der Waals surface area contributed by atoms with Crippen LogP contribution in [-0.4, -0.2) is 52.6 Å². The highest BCUT2D eigenvalue weighted by atomic mass is 16.4. The minimum Gasteiger partial charge on any atom is -0.478 e. The Balaban J connectivity index is 1.66. The van der Waals surface area contributed by atoms with E-state index in [1.54, 1.807) is 12.1 Å². The van der Waals surface area contributed by atoms with Crippen LogP contribution >= 0.6 is 0 Å². The van der Waals surface area contributed by atoms with Gasteiger partial charge in [0.15, 0.2) is 0 Å². The Hall–Kier alpha value is -1.39. The van der Waals surface area contributed by atoms with Gasteiger partial charge in [0, 0.05) is 31.7 Å². The number of hydrogen-bond donors (Lipinski definition) is 1. The van der Waals surface area contributed by atoms with Gasteiger partial charge in [0.2, 0.25) is 0 Å². The van der Waals surface area contributed by atoms with E-state index in [9.17, 15) is 4.79 Å². The highest BCUT2D eigenvalue weighted by Crippen LogP contribution is 2.25. The van der Waals surface area contributed by atoms with Crippen LogP contribution in [0.2, 0.25) is 0 Å². The molecule has 0 aliphatic carbocycles. The van der Waals surface area contributed by atoms with Crippen LogP contribution in [0.3, 0.4) is 0 Å². The summed E-state index contributed by atoms with van der Waals surface area (Å²) in [5, 5.41) is 8.93. The lowest BCUT2D eigenvalue weighted by atomic mass is 10.1. The SMILES string of the molecule is CC1CN2CCCC2CN1Cc1ccc(C(=O)O)cc1. The molecule has 4 heteroatoms. The van der Waals surface area contributed by atoms with Gasteiger partial charge in [0.25, 0.3) is 0 Å². The molecule has 0 bridgehead atoms. The van der Waals surface area contributed by atoms with Gasteiger partial charge in [-0.25, -0.2) is 4.79 Å². The van der Waals surface area contributed by atoms with Crippen molar-refractivity contribution in [1.29, 1.82) is 0 Å². The summed E-state index contributed by atoms with van der Waals surface area (Å²) in [6, 6.07) is 8.59. The van der Waals surface area contributed by atoms with Crippen LogP contribution in [0.25, 0.3) is 0 Å². The Morgan fingerprint density at radius 1 is 1.30 bits per heavy atom. The fourth-order valence-electron chi connectivity index (χ4n) is 3.46. The fourth-order valence-corrected chi connectivity index (χ4v) is 3.46. The predicted molar refractivity (Wildman–Crippen MR) is 77.9 cm³/mol. The Bertz CT molecular complexity index is 486. The first-order chi connectivity index (χ1) is 9.63. The van der Waals surface area contributed by atoms with Gasteiger partial charge in [-0.3, -0.25) is 9.80 Å². The molecule has 2 fully saturated rings. The number of fused-ring (bicyclic) bond motifs is 1. The second-order valence-corrected chi connectivity index (χ2v) is 6.07. The van der Waals surface area contributed by atoms with Gasteiger partial charge >= 0.3 is 5.97 Å². The number of piperazine rings is 1. The van der Waals surface area contributed by atoms with Crippen molar-refractivity contribution in [1.82, 2.24) is 9.80 Å². The largest absolute Gasteiger partial charge is 0.478 e. The summed E-state index contributed by atoms with van der Waals surface area (Å²) in [4.78, 5) is 16.0. The number of carbonyl (C=O) groups is 1. The second-order valence-electron chi connectivity index (χ2n) is 6.07. The molecule has 0 spiro atoms. The third-order valence-electron chi connectivity index (χ3n) is 4.65. The van der Waals surface area contributed by atoms with Gasteiger partial charge in [-0.1, -0.05) is 12.1 Å². The molecule has 2 atom stereocenters. The van der Waals surface area contributed by atoms with Crippen molar-refractivity contribution < 1.29 is 9.90 Å². The molecule has 2 aliphatic heterocycles. The van der Waals surface area contributed by atoms with Crippen molar-refractivity contribution in [2.24, 2.45) is 0 Å². The molecule has 2 unspecified atom stereocenters. The lowest BCUT2D eigenvalue weighted by molar-refractivity contribution is 0.0540. The second kappa shape index (κ2) is 5.54. The van der Waals surface area contributed by atoms with Crippen LogP contribution in [0, 0.1) is 0 Å². The zero-order valence-corrected chi connectivity index (χ0v) is 12.0. The quantitative estimate of drug-likeness (QED) is 0.916. The van der Waals surface area contributed by atoms with Crippen molar-refractivity contribution in [2.75, 3.05) is 19.6 Å². The van der Waals surface area contributed by atoms with Crippen molar-refractivity contribution in [3.8, 4) is 0 Å². The van der Waals surface area contributed by atoms with Gasteiger partial charge in [0.05, 0.1) is 5.56 Å². The molecule has 0 aromatic heterocycles. The zero-order valence-electron chi connectivity index (χ0n) is 12.0. The van der Waals surface area contributed by atoms with E-state index in [4.69, 9.17) is 5.11 Å². The highest BCUT2D eigenvalue weighted by Gasteiger charge is 2.34. The van der Waals surface area contributed by atoms with E-state index in [2.05, 4.69) is 16.7 Å². The molecule has 0 amide bonds. The number of carboxylic acids is 1. The van der Waals surface area contributed by atoms with E-state index in [0.717, 1.165) is 25.7 Å². The number of hydrogen-bond acceptors (Lipinski definition) is 3. The average molecular weight is 274 g/mol. The standard InChI is InChI=1S/C16H22N2O2/c1-12-9-17-8-2-3-15(17)11-18(12)10-13-4-6-14(7-5-13)16(19)20/h4-7,12,15H,2-3,8-11H2,1H3,(H,19,20). The summed E-state index contributed by atoms with van der Waals surface area (Å²) in [7, 11) is 0. The van der Waals surface area contributed by atoms with Crippen molar-refractivity contribution in [3.05, 3.63) is 35.4 Å². The Morgan fingerprint density at radius 3 is 2.75 bits per heavy atom. The fraction of sp³-hybridized carbons (Fsp3) is 0.562. The lowest BCUT2D eigenvalue weighted by Crippen LogP contribution is -2.54. The van der Waals surface area contributed by atoms with Crippen LogP contribution in [0.5, 0.6) is 0 Å². The molecule has 108 valence electrons. The number of carboxylic acid groups (broad SMARTS) is 1. The van der Waals surface area contributed by atoms with Crippen molar-refractivity contribution in [2.45, 2.75) is 38.4 Å². The molecule has 1 aromatic rings.